The lowest BCUT2D eigenvalue weighted by Gasteiger charge is -2.28. The number of non-ortho nitro benzene ring substituents is 1. The van der Waals surface area contributed by atoms with Crippen molar-refractivity contribution in [2.45, 2.75) is 19.9 Å². The molecule has 0 saturated carbocycles. The Labute approximate surface area is 194 Å². The molecule has 1 aliphatic heterocycles. The third-order valence-electron chi connectivity index (χ3n) is 5.63. The molecule has 1 atom stereocenters. The van der Waals surface area contributed by atoms with E-state index in [1.165, 1.54) is 29.2 Å². The fourth-order valence-corrected chi connectivity index (χ4v) is 4.05. The first-order valence-corrected chi connectivity index (χ1v) is 11.1. The molecule has 2 aromatic carbocycles. The maximum atomic E-state index is 13.0. The molecule has 1 amide bonds. The number of likely N-dealkylation sites (tertiary alicyclic amines) is 1. The van der Waals surface area contributed by atoms with Crippen molar-refractivity contribution in [2.24, 2.45) is 0 Å². The number of aliphatic hydroxyl groups excluding tert-OH is 1. The number of likely N-dealkylation sites (N-methyl/N-ethyl adjacent to an activating group) is 1. The van der Waals surface area contributed by atoms with E-state index in [9.17, 15) is 24.8 Å². The Morgan fingerprint density at radius 3 is 2.22 bits per heavy atom. The Bertz CT molecular complexity index is 1050. The highest BCUT2D eigenvalue weighted by molar-refractivity contribution is 9.10. The molecule has 1 N–H and O–H groups in total. The van der Waals surface area contributed by atoms with Gasteiger partial charge in [-0.25, -0.2) is 0 Å². The minimum atomic E-state index is -0.838. The molecule has 0 bridgehead atoms. The number of benzene rings is 2. The summed E-state index contributed by atoms with van der Waals surface area (Å²) in [5.41, 5.74) is 0.808. The number of carbonyl (C=O) groups excluding carboxylic acids is 2. The Kier molecular flexibility index (Phi) is 7.42. The van der Waals surface area contributed by atoms with Gasteiger partial charge in [-0.1, -0.05) is 41.9 Å². The fourth-order valence-electron chi connectivity index (χ4n) is 3.79. The molecule has 0 unspecified atom stereocenters. The number of aliphatic hydroxyl groups is 1. The number of Topliss-reactive ketones (excluding diaryl/α,β-unsaturated/α-hetero) is 1. The van der Waals surface area contributed by atoms with Crippen LogP contribution in [-0.4, -0.2) is 57.7 Å². The molecular weight excluding hydrogens is 478 g/mol. The van der Waals surface area contributed by atoms with E-state index in [0.717, 1.165) is 17.6 Å². The number of ketones is 1. The van der Waals surface area contributed by atoms with Crippen molar-refractivity contribution in [3.63, 3.8) is 0 Å². The molecule has 0 aliphatic carbocycles. The van der Waals surface area contributed by atoms with E-state index in [0.29, 0.717) is 17.7 Å². The fraction of sp³-hybridized carbons (Fsp3) is 0.304. The molecule has 8 nitrogen and oxygen atoms in total. The first-order valence-electron chi connectivity index (χ1n) is 10.3. The Morgan fingerprint density at radius 2 is 1.69 bits per heavy atom. The summed E-state index contributed by atoms with van der Waals surface area (Å²) in [7, 11) is 0. The number of nitro groups is 1. The standard InChI is InChI=1S/C23H24BrN3O5/c1-3-25(4-2)13-14-26-20(15-7-11-18(12-8-15)27(31)32)19(22(29)23(26)30)21(28)16-5-9-17(24)10-6-16/h5-12,20,28H,3-4,13-14H2,1-2H3/t20-/m1/s1. The highest BCUT2D eigenvalue weighted by Crippen LogP contribution is 2.39. The van der Waals surface area contributed by atoms with Gasteiger partial charge in [0.2, 0.25) is 0 Å². The second kappa shape index (κ2) is 10.1. The van der Waals surface area contributed by atoms with Gasteiger partial charge >= 0.3 is 0 Å². The lowest BCUT2D eigenvalue weighted by molar-refractivity contribution is -0.384. The van der Waals surface area contributed by atoms with E-state index in [-0.39, 0.29) is 23.6 Å². The number of halogens is 1. The second-order valence-corrected chi connectivity index (χ2v) is 8.29. The van der Waals surface area contributed by atoms with Crippen molar-refractivity contribution in [1.82, 2.24) is 9.80 Å². The van der Waals surface area contributed by atoms with Crippen LogP contribution < -0.4 is 0 Å². The number of amides is 1. The highest BCUT2D eigenvalue weighted by Gasteiger charge is 2.46. The predicted octanol–water partition coefficient (Wildman–Crippen LogP) is 4.12. The molecule has 1 saturated heterocycles. The van der Waals surface area contributed by atoms with Crippen LogP contribution in [0.15, 0.2) is 58.6 Å². The molecule has 168 valence electrons. The van der Waals surface area contributed by atoms with E-state index in [1.54, 1.807) is 24.3 Å². The second-order valence-electron chi connectivity index (χ2n) is 7.37. The summed E-state index contributed by atoms with van der Waals surface area (Å²) >= 11 is 3.34. The van der Waals surface area contributed by atoms with Crippen molar-refractivity contribution in [2.75, 3.05) is 26.2 Å². The summed E-state index contributed by atoms with van der Waals surface area (Å²) in [6, 6.07) is 11.6. The van der Waals surface area contributed by atoms with E-state index in [2.05, 4.69) is 20.8 Å². The summed E-state index contributed by atoms with van der Waals surface area (Å²) in [4.78, 5) is 40.1. The van der Waals surface area contributed by atoms with E-state index < -0.39 is 22.7 Å². The summed E-state index contributed by atoms with van der Waals surface area (Å²) in [5.74, 6) is -1.74. The molecule has 1 heterocycles. The van der Waals surface area contributed by atoms with Crippen LogP contribution in [0, 0.1) is 10.1 Å². The summed E-state index contributed by atoms with van der Waals surface area (Å²) in [6.45, 7) is 6.45. The van der Waals surface area contributed by atoms with Crippen LogP contribution in [0.25, 0.3) is 5.76 Å². The van der Waals surface area contributed by atoms with Gasteiger partial charge in [0, 0.05) is 35.3 Å². The van der Waals surface area contributed by atoms with Crippen molar-refractivity contribution >= 4 is 39.1 Å². The largest absolute Gasteiger partial charge is 0.507 e. The van der Waals surface area contributed by atoms with Crippen LogP contribution in [0.4, 0.5) is 5.69 Å². The molecule has 1 fully saturated rings. The van der Waals surface area contributed by atoms with Crippen LogP contribution in [0.5, 0.6) is 0 Å². The zero-order valence-corrected chi connectivity index (χ0v) is 19.4. The summed E-state index contributed by atoms with van der Waals surface area (Å²) < 4.78 is 0.806. The van der Waals surface area contributed by atoms with Crippen molar-refractivity contribution in [3.05, 3.63) is 79.8 Å². The Balaban J connectivity index is 2.10. The normalized spacial score (nSPS) is 17.9. The van der Waals surface area contributed by atoms with E-state index >= 15 is 0 Å². The Morgan fingerprint density at radius 1 is 1.09 bits per heavy atom. The van der Waals surface area contributed by atoms with Gasteiger partial charge in [-0.15, -0.1) is 0 Å². The number of hydrogen-bond donors (Lipinski definition) is 1. The van der Waals surface area contributed by atoms with Crippen molar-refractivity contribution < 1.29 is 19.6 Å². The van der Waals surface area contributed by atoms with Crippen LogP contribution in [0.3, 0.4) is 0 Å². The lowest BCUT2D eigenvalue weighted by atomic mass is 9.95. The van der Waals surface area contributed by atoms with Gasteiger partial charge in [0.15, 0.2) is 0 Å². The average molecular weight is 502 g/mol. The molecule has 32 heavy (non-hydrogen) atoms. The Hall–Kier alpha value is -3.04. The first kappa shape index (κ1) is 23.6. The minimum Gasteiger partial charge on any atom is -0.507 e. The number of rotatable bonds is 8. The van der Waals surface area contributed by atoms with Gasteiger partial charge in [0.1, 0.15) is 5.76 Å². The van der Waals surface area contributed by atoms with Gasteiger partial charge < -0.3 is 14.9 Å². The van der Waals surface area contributed by atoms with Gasteiger partial charge in [-0.3, -0.25) is 19.7 Å². The van der Waals surface area contributed by atoms with Gasteiger partial charge in [-0.2, -0.15) is 0 Å². The van der Waals surface area contributed by atoms with Gasteiger partial charge in [-0.05, 0) is 42.9 Å². The minimum absolute atomic E-state index is 0.0225. The molecule has 2 aromatic rings. The zero-order valence-electron chi connectivity index (χ0n) is 17.8. The molecule has 0 aromatic heterocycles. The zero-order chi connectivity index (χ0) is 23.4. The van der Waals surface area contributed by atoms with Gasteiger partial charge in [0.05, 0.1) is 16.5 Å². The third kappa shape index (κ3) is 4.73. The molecule has 0 spiro atoms. The van der Waals surface area contributed by atoms with Crippen LogP contribution >= 0.6 is 15.9 Å². The van der Waals surface area contributed by atoms with Crippen molar-refractivity contribution in [3.8, 4) is 0 Å². The highest BCUT2D eigenvalue weighted by atomic mass is 79.9. The quantitative estimate of drug-likeness (QED) is 0.192. The summed E-state index contributed by atoms with van der Waals surface area (Å²) in [5, 5.41) is 22.1. The van der Waals surface area contributed by atoms with Gasteiger partial charge in [0.25, 0.3) is 17.4 Å². The molecule has 3 rings (SSSR count). The third-order valence-corrected chi connectivity index (χ3v) is 6.16. The lowest BCUT2D eigenvalue weighted by Crippen LogP contribution is -2.38. The average Bonchev–Trinajstić information content (AvgIpc) is 3.04. The maximum absolute atomic E-state index is 13.0. The molecule has 0 radical (unpaired) electrons. The summed E-state index contributed by atoms with van der Waals surface area (Å²) in [6.07, 6.45) is 0. The first-order chi connectivity index (χ1) is 15.3. The topological polar surface area (TPSA) is 104 Å². The van der Waals surface area contributed by atoms with E-state index in [1.807, 2.05) is 13.8 Å². The monoisotopic (exact) mass is 501 g/mol. The molecule has 1 aliphatic rings. The molecule has 9 heteroatoms. The number of nitrogens with zero attached hydrogens (tertiary/aromatic N) is 3. The number of nitro benzene ring substituents is 1. The smallest absolute Gasteiger partial charge is 0.295 e. The SMILES string of the molecule is CCN(CC)CCN1C(=O)C(=O)C(=C(O)c2ccc(Br)cc2)[C@H]1c1ccc([N+](=O)[O-])cc1. The maximum Gasteiger partial charge on any atom is 0.295 e. The van der Waals surface area contributed by atoms with E-state index in [4.69, 9.17) is 0 Å². The number of carbonyl (C=O) groups is 2. The van der Waals surface area contributed by atoms with Crippen molar-refractivity contribution in [1.29, 1.82) is 0 Å². The molecular formula is C23H24BrN3O5. The van der Waals surface area contributed by atoms with Crippen LogP contribution in [0.2, 0.25) is 0 Å². The van der Waals surface area contributed by atoms with Crippen LogP contribution in [0.1, 0.15) is 31.0 Å². The predicted molar refractivity (Wildman–Crippen MR) is 124 cm³/mol. The van der Waals surface area contributed by atoms with Crippen LogP contribution in [-0.2, 0) is 9.59 Å². The number of hydrogen-bond acceptors (Lipinski definition) is 6.